The Morgan fingerprint density at radius 1 is 1.20 bits per heavy atom. The van der Waals surface area contributed by atoms with Crippen LogP contribution in [0.3, 0.4) is 0 Å². The summed E-state index contributed by atoms with van der Waals surface area (Å²) in [5, 5.41) is 15.2. The van der Waals surface area contributed by atoms with Gasteiger partial charge in [0.2, 0.25) is 11.8 Å². The van der Waals surface area contributed by atoms with Crippen LogP contribution in [0.25, 0.3) is 0 Å². The standard InChI is InChI=1S/C40H58ClN3O10S/c1-22(2)55-24(4)15-16-33(45)43(8)26(6)37(47)53-32-20-34(46)44(9)28-18-27(19-29(50-10)35(28)41)17-23(3)13-12-14-31(51-11)40(49)21-30(52-38(48)42-40)25(5)36-39(32,7)54-36/h12-14,18-19,22,24-26,30-32,36,49H,15-17,20-21H2,1-11H3,(H,42,48)/b14-12+,23-13+/t24?,25-,26-,30+,31-,32+,36+,39+,40+/m1/s1. The summed E-state index contributed by atoms with van der Waals surface area (Å²) in [6.07, 6.45) is 1.92. The number of anilines is 1. The average molecular weight is 808 g/mol. The fourth-order valence-corrected chi connectivity index (χ4v) is 8.75. The van der Waals surface area contributed by atoms with Crippen LogP contribution in [0.2, 0.25) is 5.02 Å². The summed E-state index contributed by atoms with van der Waals surface area (Å²) in [4.78, 5) is 56.9. The van der Waals surface area contributed by atoms with Crippen molar-refractivity contribution in [1.82, 2.24) is 10.2 Å². The molecule has 3 heterocycles. The third-order valence-corrected chi connectivity index (χ3v) is 12.4. The van der Waals surface area contributed by atoms with Gasteiger partial charge >= 0.3 is 12.1 Å². The van der Waals surface area contributed by atoms with Crippen LogP contribution in [0, 0.1) is 5.92 Å². The minimum absolute atomic E-state index is 0.0458. The molecule has 3 aliphatic heterocycles. The number of carbonyl (C=O) groups excluding carboxylic acids is 4. The number of methoxy groups -OCH3 is 2. The van der Waals surface area contributed by atoms with E-state index < -0.39 is 65.7 Å². The first-order valence-electron chi connectivity index (χ1n) is 18.7. The topological polar surface area (TPSA) is 156 Å². The van der Waals surface area contributed by atoms with Crippen molar-refractivity contribution in [2.75, 3.05) is 33.2 Å². The van der Waals surface area contributed by atoms with Gasteiger partial charge in [0.25, 0.3) is 0 Å². The van der Waals surface area contributed by atoms with Gasteiger partial charge in [0.15, 0.2) is 5.72 Å². The Balaban J connectivity index is 1.70. The highest BCUT2D eigenvalue weighted by Crippen LogP contribution is 2.49. The maximum Gasteiger partial charge on any atom is 0.409 e. The van der Waals surface area contributed by atoms with E-state index in [-0.39, 0.29) is 35.4 Å². The van der Waals surface area contributed by atoms with Gasteiger partial charge in [-0.25, -0.2) is 9.59 Å². The number of likely N-dealkylation sites (N-methyl/N-ethyl adjacent to an activating group) is 1. The van der Waals surface area contributed by atoms with Gasteiger partial charge < -0.3 is 38.6 Å². The molecule has 0 aromatic heterocycles. The first-order valence-corrected chi connectivity index (χ1v) is 20.1. The molecule has 9 atom stereocenters. The minimum atomic E-state index is -1.82. The first-order chi connectivity index (χ1) is 25.7. The lowest BCUT2D eigenvalue weighted by molar-refractivity contribution is -0.162. The molecule has 306 valence electrons. The molecule has 4 rings (SSSR count). The molecule has 13 nitrogen and oxygen atoms in total. The lowest BCUT2D eigenvalue weighted by atomic mass is 9.83. The van der Waals surface area contributed by atoms with E-state index in [0.29, 0.717) is 29.5 Å². The molecule has 0 spiro atoms. The molecule has 1 aromatic carbocycles. The molecule has 2 saturated heterocycles. The number of rotatable bonds is 10. The van der Waals surface area contributed by atoms with Crippen LogP contribution in [0.15, 0.2) is 35.9 Å². The number of hydrogen-bond acceptors (Lipinski definition) is 11. The summed E-state index contributed by atoms with van der Waals surface area (Å²) >= 11 is 8.57. The van der Waals surface area contributed by atoms with Crippen LogP contribution in [0.4, 0.5) is 10.5 Å². The molecule has 1 unspecified atom stereocenters. The van der Waals surface area contributed by atoms with Gasteiger partial charge in [-0.1, -0.05) is 63.1 Å². The maximum atomic E-state index is 14.2. The number of allylic oxidation sites excluding steroid dienone is 3. The van der Waals surface area contributed by atoms with Crippen molar-refractivity contribution < 1.29 is 48.0 Å². The SMILES string of the molecule is COc1cc2cc(c1Cl)N(C)C(=O)C[C@H](OC(=O)[C@@H](C)N(C)C(=O)CCC(C)SC(C)C)[C@]1(C)O[C@H]1[C@H](C)[C@@H]1C[C@@](O)(NC(=O)O1)[C@H](OC)/C=C/C=C(\C)C2. The van der Waals surface area contributed by atoms with Crippen molar-refractivity contribution >= 4 is 52.9 Å². The fraction of sp³-hybridized carbons (Fsp3) is 0.650. The summed E-state index contributed by atoms with van der Waals surface area (Å²) in [6, 6.07) is 2.64. The van der Waals surface area contributed by atoms with E-state index >= 15 is 0 Å². The van der Waals surface area contributed by atoms with Gasteiger partial charge in [-0.3, -0.25) is 14.9 Å². The number of carbonyl (C=O) groups is 4. The normalized spacial score (nSPS) is 31.2. The molecule has 3 aliphatic rings. The van der Waals surface area contributed by atoms with Gasteiger partial charge in [-0.05, 0) is 56.6 Å². The number of nitrogens with zero attached hydrogens (tertiary/aromatic N) is 2. The van der Waals surface area contributed by atoms with Gasteiger partial charge in [0.05, 0.1) is 25.3 Å². The van der Waals surface area contributed by atoms with E-state index in [2.05, 4.69) is 26.1 Å². The number of ether oxygens (including phenoxy) is 5. The van der Waals surface area contributed by atoms with Crippen LogP contribution in [0.5, 0.6) is 5.75 Å². The number of thioether (sulfide) groups is 1. The zero-order valence-electron chi connectivity index (χ0n) is 33.8. The molecule has 3 amide bonds. The van der Waals surface area contributed by atoms with Crippen LogP contribution in [0.1, 0.15) is 79.7 Å². The largest absolute Gasteiger partial charge is 0.495 e. The van der Waals surface area contributed by atoms with Crippen LogP contribution in [-0.2, 0) is 39.8 Å². The van der Waals surface area contributed by atoms with Crippen LogP contribution >= 0.6 is 23.4 Å². The highest BCUT2D eigenvalue weighted by molar-refractivity contribution is 8.00. The monoisotopic (exact) mass is 807 g/mol. The van der Waals surface area contributed by atoms with E-state index in [0.717, 1.165) is 11.1 Å². The number of alkyl carbamates (subject to hydrolysis) is 1. The van der Waals surface area contributed by atoms with E-state index in [1.165, 1.54) is 24.0 Å². The number of amides is 3. The lowest BCUT2D eigenvalue weighted by Crippen LogP contribution is -2.63. The van der Waals surface area contributed by atoms with Crippen molar-refractivity contribution in [3.8, 4) is 5.75 Å². The molecule has 0 radical (unpaired) electrons. The van der Waals surface area contributed by atoms with Crippen molar-refractivity contribution in [2.24, 2.45) is 5.92 Å². The van der Waals surface area contributed by atoms with Crippen molar-refractivity contribution in [3.63, 3.8) is 0 Å². The Labute approximate surface area is 334 Å². The number of nitrogens with one attached hydrogen (secondary N) is 1. The number of benzene rings is 1. The Morgan fingerprint density at radius 3 is 2.53 bits per heavy atom. The molecule has 2 fully saturated rings. The first kappa shape index (κ1) is 44.4. The smallest absolute Gasteiger partial charge is 0.409 e. The fourth-order valence-electron chi connectivity index (χ4n) is 7.25. The lowest BCUT2D eigenvalue weighted by Gasteiger charge is -2.42. The van der Waals surface area contributed by atoms with Crippen LogP contribution in [-0.4, -0.2) is 114 Å². The molecule has 0 saturated carbocycles. The quantitative estimate of drug-likeness (QED) is 0.217. The molecule has 1 aromatic rings. The number of epoxide rings is 1. The van der Waals surface area contributed by atoms with Gasteiger partial charge in [-0.2, -0.15) is 11.8 Å². The van der Waals surface area contributed by atoms with Gasteiger partial charge in [-0.15, -0.1) is 0 Å². The summed E-state index contributed by atoms with van der Waals surface area (Å²) in [5.41, 5.74) is -0.889. The molecule has 55 heavy (non-hydrogen) atoms. The summed E-state index contributed by atoms with van der Waals surface area (Å²) in [7, 11) is 6.08. The number of fused-ring (bicyclic) bond motifs is 5. The van der Waals surface area contributed by atoms with Crippen molar-refractivity contribution in [3.05, 3.63) is 46.5 Å². The number of aliphatic hydroxyl groups is 1. The minimum Gasteiger partial charge on any atom is -0.495 e. The van der Waals surface area contributed by atoms with E-state index in [1.54, 1.807) is 64.0 Å². The zero-order valence-corrected chi connectivity index (χ0v) is 35.4. The van der Waals surface area contributed by atoms with Crippen molar-refractivity contribution in [1.29, 1.82) is 0 Å². The second kappa shape index (κ2) is 18.3. The van der Waals surface area contributed by atoms with E-state index in [1.807, 2.05) is 19.9 Å². The third kappa shape index (κ3) is 10.6. The highest BCUT2D eigenvalue weighted by Gasteiger charge is 2.64. The Bertz CT molecular complexity index is 1660. The molecular weight excluding hydrogens is 750 g/mol. The second-order valence-electron chi connectivity index (χ2n) is 15.4. The molecule has 2 N–H and O–H groups in total. The second-order valence-corrected chi connectivity index (χ2v) is 17.8. The number of esters is 1. The number of halogens is 1. The highest BCUT2D eigenvalue weighted by atomic mass is 35.5. The maximum absolute atomic E-state index is 14.2. The molecule has 15 heteroatoms. The average Bonchev–Trinajstić information content (AvgIpc) is 3.82. The molecule has 4 bridgehead atoms. The summed E-state index contributed by atoms with van der Waals surface area (Å²) in [6.45, 7) is 13.4. The number of hydrogen-bond donors (Lipinski definition) is 2. The molecule has 0 aliphatic carbocycles. The summed E-state index contributed by atoms with van der Waals surface area (Å²) < 4.78 is 29.3. The molecular formula is C40H58ClN3O10S. The Hall–Kier alpha value is -3.30. The van der Waals surface area contributed by atoms with E-state index in [9.17, 15) is 24.3 Å². The van der Waals surface area contributed by atoms with Gasteiger partial charge in [0, 0.05) is 45.2 Å². The predicted octanol–water partition coefficient (Wildman–Crippen LogP) is 5.82. The summed E-state index contributed by atoms with van der Waals surface area (Å²) in [5.74, 6) is -1.47. The van der Waals surface area contributed by atoms with Gasteiger partial charge in [0.1, 0.15) is 40.7 Å². The Morgan fingerprint density at radius 2 is 1.89 bits per heavy atom. The van der Waals surface area contributed by atoms with Crippen LogP contribution < -0.4 is 15.0 Å². The zero-order chi connectivity index (χ0) is 41.0. The third-order valence-electron chi connectivity index (χ3n) is 10.8. The van der Waals surface area contributed by atoms with E-state index in [4.69, 9.17) is 35.3 Å². The predicted molar refractivity (Wildman–Crippen MR) is 212 cm³/mol. The van der Waals surface area contributed by atoms with Crippen molar-refractivity contribution in [2.45, 2.75) is 133 Å². The Kier molecular flexibility index (Phi) is 14.8.